The highest BCUT2D eigenvalue weighted by Gasteiger charge is 2.40. The van der Waals surface area contributed by atoms with Crippen molar-refractivity contribution in [3.8, 4) is 0 Å². The summed E-state index contributed by atoms with van der Waals surface area (Å²) in [5.74, 6) is 1.70. The number of ether oxygens (including phenoxy) is 1. The first-order chi connectivity index (χ1) is 17.7. The molecule has 2 heterocycles. The molecule has 2 unspecified atom stereocenters. The molecule has 1 aromatic carbocycles. The molecule has 2 atom stereocenters. The van der Waals surface area contributed by atoms with Gasteiger partial charge in [0, 0.05) is 18.8 Å². The quantitative estimate of drug-likeness (QED) is 0.439. The fraction of sp³-hybridized carbons (Fsp3) is 0.536. The zero-order valence-corrected chi connectivity index (χ0v) is 22.5. The second kappa shape index (κ2) is 10.9. The van der Waals surface area contributed by atoms with Crippen LogP contribution in [0.1, 0.15) is 57.7 Å². The average molecular weight is 505 g/mol. The van der Waals surface area contributed by atoms with E-state index < -0.39 is 5.97 Å². The van der Waals surface area contributed by atoms with E-state index in [4.69, 9.17) is 16.3 Å². The molecule has 1 aromatic heterocycles. The number of esters is 1. The fourth-order valence-electron chi connectivity index (χ4n) is 5.77. The van der Waals surface area contributed by atoms with E-state index in [0.717, 1.165) is 30.6 Å². The van der Waals surface area contributed by atoms with Crippen LogP contribution in [0.15, 0.2) is 28.9 Å². The van der Waals surface area contributed by atoms with E-state index in [1.807, 2.05) is 32.0 Å². The molecule has 1 N–H and O–H groups in total. The van der Waals surface area contributed by atoms with Crippen molar-refractivity contribution in [3.05, 3.63) is 52.5 Å². The maximum absolute atomic E-state index is 13.5. The van der Waals surface area contributed by atoms with Gasteiger partial charge in [0.15, 0.2) is 5.82 Å². The third-order valence-corrected chi connectivity index (χ3v) is 7.46. The normalized spacial score (nSPS) is 24.2. The summed E-state index contributed by atoms with van der Waals surface area (Å²) in [6.07, 6.45) is 1.79. The molecule has 4 rings (SSSR count). The van der Waals surface area contributed by atoms with E-state index in [9.17, 15) is 9.90 Å². The first kappa shape index (κ1) is 26.6. The molecule has 2 aliphatic rings. The summed E-state index contributed by atoms with van der Waals surface area (Å²) in [5.41, 5.74) is 2.83. The largest absolute Gasteiger partial charge is 0.459 e. The molecule has 196 valence electrons. The van der Waals surface area contributed by atoms with Gasteiger partial charge in [-0.05, 0) is 75.1 Å². The van der Waals surface area contributed by atoms with Gasteiger partial charge < -0.3 is 14.7 Å². The van der Waals surface area contributed by atoms with E-state index in [2.05, 4.69) is 40.7 Å². The highest BCUT2D eigenvalue weighted by molar-refractivity contribution is 6.29. The summed E-state index contributed by atoms with van der Waals surface area (Å²) in [6, 6.07) is 5.85. The first-order valence-electron chi connectivity index (χ1n) is 13.0. The lowest BCUT2D eigenvalue weighted by Gasteiger charge is -2.37. The second-order valence-corrected chi connectivity index (χ2v) is 10.4. The summed E-state index contributed by atoms with van der Waals surface area (Å²) in [6.45, 7) is 21.6. The van der Waals surface area contributed by atoms with Gasteiger partial charge >= 0.3 is 5.97 Å². The Hall–Kier alpha value is -3.51. The highest BCUT2D eigenvalue weighted by atomic mass is 16.5. The van der Waals surface area contributed by atoms with Gasteiger partial charge in [0.05, 0.1) is 18.9 Å². The van der Waals surface area contributed by atoms with Crippen LogP contribution in [0, 0.1) is 38.2 Å². The van der Waals surface area contributed by atoms with Crippen LogP contribution >= 0.6 is 0 Å². The molecule has 37 heavy (non-hydrogen) atoms. The predicted octanol–water partition coefficient (Wildman–Crippen LogP) is 4.55. The van der Waals surface area contributed by atoms with Gasteiger partial charge in [-0.3, -0.25) is 4.57 Å². The number of rotatable bonds is 7. The van der Waals surface area contributed by atoms with Crippen molar-refractivity contribution in [1.29, 1.82) is 0 Å². The summed E-state index contributed by atoms with van der Waals surface area (Å²) in [4.78, 5) is 24.2. The van der Waals surface area contributed by atoms with Crippen LogP contribution in [-0.4, -0.2) is 57.5 Å². The van der Waals surface area contributed by atoms with Gasteiger partial charge in [0.25, 0.3) is 0 Å². The summed E-state index contributed by atoms with van der Waals surface area (Å²) in [5, 5.41) is 17.8. The molecule has 0 bridgehead atoms. The Balaban J connectivity index is 1.73. The molecule has 0 amide bonds. The number of hydrogen-bond donors (Lipinski definition) is 1. The highest BCUT2D eigenvalue weighted by Crippen LogP contribution is 2.38. The number of aromatic nitrogens is 3. The van der Waals surface area contributed by atoms with Gasteiger partial charge in [-0.25, -0.2) is 14.6 Å². The van der Waals surface area contributed by atoms with E-state index >= 15 is 0 Å². The summed E-state index contributed by atoms with van der Waals surface area (Å²) in [7, 11) is 0. The second-order valence-electron chi connectivity index (χ2n) is 10.4. The number of likely N-dealkylation sites (N-methyl/N-ethyl adjacent to an activating group) is 1. The lowest BCUT2D eigenvalue weighted by molar-refractivity contribution is -0.150. The molecule has 1 fully saturated rings. The molecule has 1 saturated carbocycles. The van der Waals surface area contributed by atoms with Crippen LogP contribution in [0.3, 0.4) is 0 Å². The van der Waals surface area contributed by atoms with E-state index in [0.29, 0.717) is 35.6 Å². The van der Waals surface area contributed by atoms with Gasteiger partial charge in [0.1, 0.15) is 23.3 Å². The van der Waals surface area contributed by atoms with Crippen LogP contribution in [0.4, 0.5) is 11.4 Å². The molecule has 0 radical (unpaired) electrons. The molecule has 1 aliphatic carbocycles. The minimum Gasteiger partial charge on any atom is -0.459 e. The van der Waals surface area contributed by atoms with Gasteiger partial charge in [-0.2, -0.15) is 0 Å². The Morgan fingerprint density at radius 3 is 2.54 bits per heavy atom. The number of benzene rings is 1. The number of allylic oxidation sites excluding steroid dienone is 1. The molecular weight excluding hydrogens is 468 g/mol. The van der Waals surface area contributed by atoms with Gasteiger partial charge in [-0.1, -0.05) is 20.8 Å². The van der Waals surface area contributed by atoms with Crippen molar-refractivity contribution in [1.82, 2.24) is 14.8 Å². The van der Waals surface area contributed by atoms with Crippen LogP contribution in [-0.2, 0) is 9.53 Å². The lowest BCUT2D eigenvalue weighted by atomic mass is 9.75. The number of carbonyl (C=O) groups is 1. The number of fused-ring (bicyclic) bond motifs is 1. The number of aryl methyl sites for hydroxylation is 2. The van der Waals surface area contributed by atoms with Crippen molar-refractivity contribution in [2.24, 2.45) is 22.7 Å². The maximum Gasteiger partial charge on any atom is 0.331 e. The Kier molecular flexibility index (Phi) is 7.79. The van der Waals surface area contributed by atoms with Gasteiger partial charge in [-0.15, -0.1) is 10.2 Å². The molecule has 2 aromatic rings. The summed E-state index contributed by atoms with van der Waals surface area (Å²) >= 11 is 0. The monoisotopic (exact) mass is 504 g/mol. The fourth-order valence-corrected chi connectivity index (χ4v) is 5.77. The van der Waals surface area contributed by atoms with Crippen molar-refractivity contribution in [2.45, 2.75) is 60.5 Å². The van der Waals surface area contributed by atoms with Crippen LogP contribution in [0.25, 0.3) is 10.4 Å². The minimum absolute atomic E-state index is 0.0715. The zero-order valence-electron chi connectivity index (χ0n) is 22.5. The smallest absolute Gasteiger partial charge is 0.331 e. The van der Waals surface area contributed by atoms with E-state index in [-0.39, 0.29) is 35.8 Å². The Morgan fingerprint density at radius 2 is 1.95 bits per heavy atom. The number of aliphatic hydroxyl groups excluding tert-OH is 1. The molecule has 9 heteroatoms. The number of aliphatic hydroxyl groups is 1. The number of carbonyl (C=O) groups excluding carboxylic acids is 1. The third-order valence-electron chi connectivity index (χ3n) is 7.46. The maximum atomic E-state index is 13.5. The molecule has 0 spiro atoms. The molecule has 1 aliphatic heterocycles. The Labute approximate surface area is 218 Å². The minimum atomic E-state index is -0.544. The van der Waals surface area contributed by atoms with E-state index in [1.54, 1.807) is 11.5 Å². The van der Waals surface area contributed by atoms with Crippen LogP contribution in [0.2, 0.25) is 0 Å². The van der Waals surface area contributed by atoms with Crippen molar-refractivity contribution >= 4 is 28.8 Å². The van der Waals surface area contributed by atoms with Crippen LogP contribution < -0.4 is 4.90 Å². The topological polar surface area (TPSA) is 97.2 Å². The van der Waals surface area contributed by atoms with Crippen molar-refractivity contribution < 1.29 is 14.6 Å². The third kappa shape index (κ3) is 5.03. The standard InChI is InChI=1S/C28H36N6O3/c1-8-33(11-12-35)21-9-10-22(17(3)15-21)30-27-24(29-7)23(26-32-31-20(6)34(26)27)28(36)37-25-18(4)13-16(2)14-19(25)5/h9-10,15-16,18-19,25,35H,8,11-14H2,1-6H3. The number of anilines is 1. The van der Waals surface area contributed by atoms with E-state index in [1.165, 1.54) is 0 Å². The van der Waals surface area contributed by atoms with Crippen LogP contribution in [0.5, 0.6) is 0 Å². The summed E-state index contributed by atoms with van der Waals surface area (Å²) < 4.78 is 7.71. The molecule has 9 nitrogen and oxygen atoms in total. The number of hydrogen-bond acceptors (Lipinski definition) is 7. The number of aliphatic imine (C=N–C) groups is 1. The lowest BCUT2D eigenvalue weighted by Crippen LogP contribution is -2.37. The molecule has 0 saturated heterocycles. The average Bonchev–Trinajstić information content (AvgIpc) is 3.38. The first-order valence-corrected chi connectivity index (χ1v) is 13.0. The Bertz CT molecular complexity index is 1280. The van der Waals surface area contributed by atoms with Gasteiger partial charge in [0.2, 0.25) is 5.70 Å². The van der Waals surface area contributed by atoms with Crippen molar-refractivity contribution in [3.63, 3.8) is 0 Å². The Morgan fingerprint density at radius 1 is 1.24 bits per heavy atom. The predicted molar refractivity (Wildman–Crippen MR) is 144 cm³/mol. The van der Waals surface area contributed by atoms with Crippen molar-refractivity contribution in [2.75, 3.05) is 24.6 Å². The number of nitrogens with zero attached hydrogens (tertiary/aromatic N) is 6. The molecular formula is C28H36N6O3. The zero-order chi connectivity index (χ0) is 26.9. The SMILES string of the molecule is [C-]#[N+]C1=C(C(=O)OC2C(C)CC(C)CC2C)c2nnc(C)n2C1=Nc1ccc(N(CC)CCO)cc1C.